The molecular formula is C12H14BrF2NO4P. The molecular weight excluding hydrogens is 371 g/mol. The Morgan fingerprint density at radius 1 is 1.67 bits per heavy atom. The third-order valence-electron chi connectivity index (χ3n) is 2.53. The van der Waals surface area contributed by atoms with E-state index in [1.54, 1.807) is 5.09 Å². The minimum Gasteiger partial charge on any atom is -0.465 e. The van der Waals surface area contributed by atoms with Crippen LogP contribution in [0, 0.1) is 6.07 Å². The predicted octanol–water partition coefficient (Wildman–Crippen LogP) is 3.03. The van der Waals surface area contributed by atoms with Gasteiger partial charge >= 0.3 is 19.2 Å². The SMILES string of the molecule is CCOC(=O)C(C)NP(=O)(O)C(F)(F)c1cc[c]cc1Br. The van der Waals surface area contributed by atoms with E-state index in [4.69, 9.17) is 0 Å². The second kappa shape index (κ2) is 6.96. The highest BCUT2D eigenvalue weighted by atomic mass is 79.9. The van der Waals surface area contributed by atoms with Crippen LogP contribution in [0.1, 0.15) is 19.4 Å². The Balaban J connectivity index is 3.03. The number of benzene rings is 1. The van der Waals surface area contributed by atoms with Crippen molar-refractivity contribution in [3.63, 3.8) is 0 Å². The number of hydrogen-bond acceptors (Lipinski definition) is 3. The molecule has 0 fully saturated rings. The lowest BCUT2D eigenvalue weighted by molar-refractivity contribution is -0.144. The van der Waals surface area contributed by atoms with Crippen molar-refractivity contribution in [3.05, 3.63) is 34.3 Å². The summed E-state index contributed by atoms with van der Waals surface area (Å²) in [6.45, 7) is 2.75. The number of alkyl halides is 2. The number of esters is 1. The summed E-state index contributed by atoms with van der Waals surface area (Å²) in [5.41, 5.74) is -4.75. The first-order chi connectivity index (χ1) is 9.63. The highest BCUT2D eigenvalue weighted by Crippen LogP contribution is 2.60. The van der Waals surface area contributed by atoms with E-state index in [1.807, 2.05) is 0 Å². The molecule has 5 nitrogen and oxygen atoms in total. The van der Waals surface area contributed by atoms with E-state index in [9.17, 15) is 23.0 Å². The normalized spacial score (nSPS) is 16.1. The van der Waals surface area contributed by atoms with Gasteiger partial charge in [0, 0.05) is 10.0 Å². The lowest BCUT2D eigenvalue weighted by Gasteiger charge is -2.26. The number of nitrogens with one attached hydrogen (secondary N) is 1. The van der Waals surface area contributed by atoms with Crippen molar-refractivity contribution in [2.45, 2.75) is 25.6 Å². The predicted molar refractivity (Wildman–Crippen MR) is 75.9 cm³/mol. The van der Waals surface area contributed by atoms with E-state index in [0.717, 1.165) is 6.07 Å². The first kappa shape index (κ1) is 18.2. The second-order valence-corrected chi connectivity index (χ2v) is 6.95. The summed E-state index contributed by atoms with van der Waals surface area (Å²) in [5.74, 6) is -0.886. The standard InChI is InChI=1S/C12H14BrF2NO4P/c1-3-20-11(17)8(2)16-21(18,19)12(14,15)9-6-4-5-7-10(9)13/h4,6-8H,3H2,1-2H3,(H2,16,18,19). The van der Waals surface area contributed by atoms with Gasteiger partial charge in [-0.15, -0.1) is 0 Å². The Hall–Kier alpha value is -0.820. The lowest BCUT2D eigenvalue weighted by Crippen LogP contribution is -2.37. The number of hydrogen-bond donors (Lipinski definition) is 2. The largest absolute Gasteiger partial charge is 0.465 e. The average Bonchev–Trinajstić information content (AvgIpc) is 2.38. The minimum atomic E-state index is -5.21. The van der Waals surface area contributed by atoms with Crippen molar-refractivity contribution in [2.75, 3.05) is 6.61 Å². The average molecular weight is 385 g/mol. The first-order valence-electron chi connectivity index (χ1n) is 5.94. The number of ether oxygens (including phenoxy) is 1. The molecule has 0 aliphatic carbocycles. The quantitative estimate of drug-likeness (QED) is 0.582. The van der Waals surface area contributed by atoms with Gasteiger partial charge in [-0.25, -0.2) is 5.09 Å². The fraction of sp³-hybridized carbons (Fsp3) is 0.417. The summed E-state index contributed by atoms with van der Waals surface area (Å²) in [6.07, 6.45) is 0. The van der Waals surface area contributed by atoms with Crippen molar-refractivity contribution in [1.29, 1.82) is 0 Å². The van der Waals surface area contributed by atoms with E-state index in [0.29, 0.717) is 0 Å². The molecule has 0 saturated heterocycles. The van der Waals surface area contributed by atoms with Gasteiger partial charge in [0.25, 0.3) is 0 Å². The second-order valence-electron chi connectivity index (χ2n) is 4.13. The molecule has 2 N–H and O–H groups in total. The van der Waals surface area contributed by atoms with Crippen LogP contribution < -0.4 is 5.09 Å². The fourth-order valence-corrected chi connectivity index (χ4v) is 3.46. The van der Waals surface area contributed by atoms with Gasteiger partial charge in [0.1, 0.15) is 6.04 Å². The Kier molecular flexibility index (Phi) is 6.04. The molecule has 2 atom stereocenters. The molecule has 0 heterocycles. The zero-order valence-corrected chi connectivity index (χ0v) is 13.7. The van der Waals surface area contributed by atoms with E-state index >= 15 is 0 Å². The maximum atomic E-state index is 14.2. The van der Waals surface area contributed by atoms with Gasteiger partial charge < -0.3 is 9.63 Å². The van der Waals surface area contributed by atoms with Crippen LogP contribution in [0.5, 0.6) is 0 Å². The fourth-order valence-electron chi connectivity index (χ4n) is 1.48. The molecule has 0 saturated carbocycles. The Labute approximate surface area is 129 Å². The highest BCUT2D eigenvalue weighted by molar-refractivity contribution is 9.10. The molecule has 1 radical (unpaired) electrons. The number of carbonyl (C=O) groups excluding carboxylic acids is 1. The number of rotatable bonds is 6. The summed E-state index contributed by atoms with van der Waals surface area (Å²) in [4.78, 5) is 21.0. The van der Waals surface area contributed by atoms with Gasteiger partial charge in [-0.2, -0.15) is 8.78 Å². The molecule has 0 spiro atoms. The van der Waals surface area contributed by atoms with E-state index < -0.39 is 30.8 Å². The number of halogens is 3. The molecule has 0 aromatic heterocycles. The Morgan fingerprint density at radius 2 is 2.29 bits per heavy atom. The third-order valence-corrected chi connectivity index (χ3v) is 4.92. The molecule has 0 amide bonds. The molecule has 1 rings (SSSR count). The van der Waals surface area contributed by atoms with Gasteiger partial charge in [-0.3, -0.25) is 9.36 Å². The maximum Gasteiger partial charge on any atom is 0.361 e. The monoisotopic (exact) mass is 384 g/mol. The third kappa shape index (κ3) is 4.10. The lowest BCUT2D eigenvalue weighted by atomic mass is 10.2. The van der Waals surface area contributed by atoms with Crippen molar-refractivity contribution < 1.29 is 27.8 Å². The van der Waals surface area contributed by atoms with Gasteiger partial charge in [-0.1, -0.05) is 28.1 Å². The summed E-state index contributed by atoms with van der Waals surface area (Å²) in [7, 11) is -5.21. The molecule has 0 bridgehead atoms. The summed E-state index contributed by atoms with van der Waals surface area (Å²) in [6, 6.07) is 4.59. The van der Waals surface area contributed by atoms with Gasteiger partial charge in [0.2, 0.25) is 0 Å². The van der Waals surface area contributed by atoms with Gasteiger partial charge in [0.05, 0.1) is 6.61 Å². The zero-order chi connectivity index (χ0) is 16.3. The van der Waals surface area contributed by atoms with Crippen LogP contribution in [0.15, 0.2) is 22.7 Å². The van der Waals surface area contributed by atoms with Crippen LogP contribution in [0.3, 0.4) is 0 Å². The molecule has 1 aromatic carbocycles. The molecule has 0 aliphatic rings. The summed E-state index contributed by atoms with van der Waals surface area (Å²) < 4.78 is 45.0. The van der Waals surface area contributed by atoms with Crippen molar-refractivity contribution >= 4 is 29.4 Å². The van der Waals surface area contributed by atoms with Crippen LogP contribution in [-0.4, -0.2) is 23.5 Å². The summed E-state index contributed by atoms with van der Waals surface area (Å²) in [5, 5.41) is 1.76. The molecule has 117 valence electrons. The van der Waals surface area contributed by atoms with Crippen LogP contribution in [0.4, 0.5) is 8.78 Å². The van der Waals surface area contributed by atoms with E-state index in [-0.39, 0.29) is 11.1 Å². The first-order valence-corrected chi connectivity index (χ1v) is 8.40. The van der Waals surface area contributed by atoms with Crippen LogP contribution >= 0.6 is 23.4 Å². The zero-order valence-electron chi connectivity index (χ0n) is 11.3. The minimum absolute atomic E-state index is 0.0387. The molecule has 21 heavy (non-hydrogen) atoms. The van der Waals surface area contributed by atoms with Crippen molar-refractivity contribution in [2.24, 2.45) is 0 Å². The summed E-state index contributed by atoms with van der Waals surface area (Å²) >= 11 is 2.88. The van der Waals surface area contributed by atoms with Gasteiger partial charge in [-0.05, 0) is 26.0 Å². The maximum absolute atomic E-state index is 14.2. The molecule has 2 unspecified atom stereocenters. The topological polar surface area (TPSA) is 75.6 Å². The molecule has 9 heteroatoms. The van der Waals surface area contributed by atoms with Crippen LogP contribution in [0.25, 0.3) is 0 Å². The van der Waals surface area contributed by atoms with E-state index in [2.05, 4.69) is 26.7 Å². The van der Waals surface area contributed by atoms with Crippen molar-refractivity contribution in [3.8, 4) is 0 Å². The smallest absolute Gasteiger partial charge is 0.361 e. The molecule has 1 aromatic rings. The van der Waals surface area contributed by atoms with Crippen LogP contribution in [0.2, 0.25) is 0 Å². The Morgan fingerprint density at radius 3 is 2.81 bits per heavy atom. The van der Waals surface area contributed by atoms with Crippen molar-refractivity contribution in [1.82, 2.24) is 5.09 Å². The highest BCUT2D eigenvalue weighted by Gasteiger charge is 2.53. The molecule has 0 aliphatic heterocycles. The van der Waals surface area contributed by atoms with E-state index in [1.165, 1.54) is 26.0 Å². The Bertz CT molecular complexity index is 570. The van der Waals surface area contributed by atoms with Crippen LogP contribution in [-0.2, 0) is 19.8 Å². The van der Waals surface area contributed by atoms with Gasteiger partial charge in [0.15, 0.2) is 0 Å². The number of carbonyl (C=O) groups is 1.